The number of rotatable bonds is 7. The molecule has 1 heterocycles. The summed E-state index contributed by atoms with van der Waals surface area (Å²) in [5, 5.41) is 7.13. The van der Waals surface area contributed by atoms with Gasteiger partial charge in [-0.25, -0.2) is 4.98 Å². The van der Waals surface area contributed by atoms with Gasteiger partial charge in [-0.15, -0.1) is 11.3 Å². The summed E-state index contributed by atoms with van der Waals surface area (Å²) >= 11 is 1.79. The Bertz CT molecular complexity index is 291. The molecule has 3 heteroatoms. The molecule has 2 nitrogen and oxygen atoms in total. The standard InChI is InChI=1S/C14H24N2S/c1-2-9-15-13(12-5-3-4-6-12)7-8-14-16-10-11-17-14/h10-13,15H,2-9H2,1H3. The quantitative estimate of drug-likeness (QED) is 0.801. The maximum Gasteiger partial charge on any atom is 0.0925 e. The molecule has 1 N–H and O–H groups in total. The fraction of sp³-hybridized carbons (Fsp3) is 0.786. The number of hydrogen-bond acceptors (Lipinski definition) is 3. The zero-order chi connectivity index (χ0) is 11.9. The van der Waals surface area contributed by atoms with E-state index in [2.05, 4.69) is 22.6 Å². The zero-order valence-corrected chi connectivity index (χ0v) is 11.6. The number of hydrogen-bond donors (Lipinski definition) is 1. The summed E-state index contributed by atoms with van der Waals surface area (Å²) in [5.74, 6) is 0.918. The van der Waals surface area contributed by atoms with E-state index in [0.29, 0.717) is 0 Å². The van der Waals surface area contributed by atoms with E-state index in [-0.39, 0.29) is 0 Å². The third-order valence-corrected chi connectivity index (χ3v) is 4.62. The third kappa shape index (κ3) is 4.07. The van der Waals surface area contributed by atoms with Crippen molar-refractivity contribution >= 4 is 11.3 Å². The van der Waals surface area contributed by atoms with Gasteiger partial charge in [0.05, 0.1) is 5.01 Å². The minimum Gasteiger partial charge on any atom is -0.314 e. The molecule has 2 rings (SSSR count). The van der Waals surface area contributed by atoms with Gasteiger partial charge >= 0.3 is 0 Å². The molecule has 0 spiro atoms. The molecular formula is C14H24N2S. The number of thiazole rings is 1. The van der Waals surface area contributed by atoms with Gasteiger partial charge in [0.2, 0.25) is 0 Å². The van der Waals surface area contributed by atoms with Gasteiger partial charge in [-0.1, -0.05) is 19.8 Å². The van der Waals surface area contributed by atoms with Crippen LogP contribution in [0.15, 0.2) is 11.6 Å². The molecule has 1 unspecified atom stereocenters. The van der Waals surface area contributed by atoms with Crippen LogP contribution >= 0.6 is 11.3 Å². The highest BCUT2D eigenvalue weighted by atomic mass is 32.1. The fourth-order valence-corrected chi connectivity index (χ4v) is 3.49. The van der Waals surface area contributed by atoms with E-state index in [1.165, 1.54) is 50.1 Å². The van der Waals surface area contributed by atoms with Crippen LogP contribution in [0.4, 0.5) is 0 Å². The second-order valence-corrected chi connectivity index (χ2v) is 6.05. The minimum absolute atomic E-state index is 0.723. The lowest BCUT2D eigenvalue weighted by Gasteiger charge is -2.24. The summed E-state index contributed by atoms with van der Waals surface area (Å²) < 4.78 is 0. The van der Waals surface area contributed by atoms with Crippen LogP contribution in [0.3, 0.4) is 0 Å². The summed E-state index contributed by atoms with van der Waals surface area (Å²) in [4.78, 5) is 4.39. The van der Waals surface area contributed by atoms with Crippen LogP contribution in [-0.4, -0.2) is 17.6 Å². The Morgan fingerprint density at radius 2 is 2.29 bits per heavy atom. The monoisotopic (exact) mass is 252 g/mol. The average molecular weight is 252 g/mol. The van der Waals surface area contributed by atoms with Gasteiger partial charge in [0, 0.05) is 24.0 Å². The Kier molecular flexibility index (Phi) is 5.46. The van der Waals surface area contributed by atoms with Gasteiger partial charge in [-0.3, -0.25) is 0 Å². The van der Waals surface area contributed by atoms with E-state index in [1.807, 2.05) is 6.20 Å². The van der Waals surface area contributed by atoms with Crippen LogP contribution in [0.25, 0.3) is 0 Å². The van der Waals surface area contributed by atoms with Crippen molar-refractivity contribution in [2.24, 2.45) is 5.92 Å². The molecule has 0 radical (unpaired) electrons. The normalized spacial score (nSPS) is 18.6. The van der Waals surface area contributed by atoms with Crippen molar-refractivity contribution in [3.05, 3.63) is 16.6 Å². The molecule has 0 aliphatic heterocycles. The molecule has 0 saturated heterocycles. The van der Waals surface area contributed by atoms with Gasteiger partial charge in [0.1, 0.15) is 0 Å². The van der Waals surface area contributed by atoms with E-state index in [0.717, 1.165) is 18.4 Å². The van der Waals surface area contributed by atoms with Gasteiger partial charge in [-0.05, 0) is 38.1 Å². The lowest BCUT2D eigenvalue weighted by atomic mass is 9.94. The van der Waals surface area contributed by atoms with Crippen molar-refractivity contribution in [3.8, 4) is 0 Å². The predicted molar refractivity (Wildman–Crippen MR) is 74.5 cm³/mol. The fourth-order valence-electron chi connectivity index (χ4n) is 2.85. The van der Waals surface area contributed by atoms with Crippen LogP contribution < -0.4 is 5.32 Å². The van der Waals surface area contributed by atoms with E-state index >= 15 is 0 Å². The number of aromatic nitrogens is 1. The highest BCUT2D eigenvalue weighted by Crippen LogP contribution is 2.29. The minimum atomic E-state index is 0.723. The average Bonchev–Trinajstić information content (AvgIpc) is 3.01. The molecule has 0 amide bonds. The summed E-state index contributed by atoms with van der Waals surface area (Å²) in [5.41, 5.74) is 0. The highest BCUT2D eigenvalue weighted by Gasteiger charge is 2.24. The highest BCUT2D eigenvalue weighted by molar-refractivity contribution is 7.09. The Hall–Kier alpha value is -0.410. The van der Waals surface area contributed by atoms with Crippen molar-refractivity contribution in [1.82, 2.24) is 10.3 Å². The molecule has 0 aromatic carbocycles. The number of nitrogens with one attached hydrogen (secondary N) is 1. The summed E-state index contributed by atoms with van der Waals surface area (Å²) in [7, 11) is 0. The molecule has 1 aromatic rings. The maximum atomic E-state index is 4.39. The first-order valence-electron chi connectivity index (χ1n) is 7.02. The van der Waals surface area contributed by atoms with Crippen LogP contribution in [0.2, 0.25) is 0 Å². The maximum absolute atomic E-state index is 4.39. The first-order chi connectivity index (χ1) is 8.40. The molecule has 1 aliphatic carbocycles. The van der Waals surface area contributed by atoms with E-state index in [9.17, 15) is 0 Å². The van der Waals surface area contributed by atoms with Crippen molar-refractivity contribution < 1.29 is 0 Å². The molecular weight excluding hydrogens is 228 g/mol. The first kappa shape index (κ1) is 13.0. The molecule has 1 aliphatic rings. The molecule has 1 fully saturated rings. The van der Waals surface area contributed by atoms with Crippen molar-refractivity contribution in [2.45, 2.75) is 57.9 Å². The van der Waals surface area contributed by atoms with Gasteiger partial charge in [0.15, 0.2) is 0 Å². The predicted octanol–water partition coefficient (Wildman–Crippen LogP) is 3.63. The zero-order valence-electron chi connectivity index (χ0n) is 10.8. The molecule has 1 atom stereocenters. The van der Waals surface area contributed by atoms with Crippen LogP contribution in [-0.2, 0) is 6.42 Å². The number of aryl methyl sites for hydroxylation is 1. The topological polar surface area (TPSA) is 24.9 Å². The van der Waals surface area contributed by atoms with Crippen molar-refractivity contribution in [2.75, 3.05) is 6.54 Å². The molecule has 1 saturated carbocycles. The van der Waals surface area contributed by atoms with Gasteiger partial charge in [0.25, 0.3) is 0 Å². The van der Waals surface area contributed by atoms with E-state index < -0.39 is 0 Å². The lowest BCUT2D eigenvalue weighted by Crippen LogP contribution is -2.36. The molecule has 1 aromatic heterocycles. The van der Waals surface area contributed by atoms with Crippen LogP contribution in [0.5, 0.6) is 0 Å². The smallest absolute Gasteiger partial charge is 0.0925 e. The van der Waals surface area contributed by atoms with Gasteiger partial charge in [-0.2, -0.15) is 0 Å². The molecule has 0 bridgehead atoms. The Balaban J connectivity index is 1.81. The largest absolute Gasteiger partial charge is 0.314 e. The van der Waals surface area contributed by atoms with E-state index in [4.69, 9.17) is 0 Å². The second kappa shape index (κ2) is 7.12. The third-order valence-electron chi connectivity index (χ3n) is 3.78. The second-order valence-electron chi connectivity index (χ2n) is 5.07. The van der Waals surface area contributed by atoms with Gasteiger partial charge < -0.3 is 5.32 Å². The number of nitrogens with zero attached hydrogens (tertiary/aromatic N) is 1. The molecule has 96 valence electrons. The molecule has 17 heavy (non-hydrogen) atoms. The first-order valence-corrected chi connectivity index (χ1v) is 7.90. The van der Waals surface area contributed by atoms with Crippen molar-refractivity contribution in [1.29, 1.82) is 0 Å². The Morgan fingerprint density at radius 1 is 1.47 bits per heavy atom. The summed E-state index contributed by atoms with van der Waals surface area (Å²) in [6, 6.07) is 0.723. The van der Waals surface area contributed by atoms with E-state index in [1.54, 1.807) is 11.3 Å². The summed E-state index contributed by atoms with van der Waals surface area (Å²) in [6.45, 7) is 3.42. The Labute approximate surface area is 109 Å². The van der Waals surface area contributed by atoms with Crippen LogP contribution in [0, 0.1) is 5.92 Å². The summed E-state index contributed by atoms with van der Waals surface area (Å²) in [6.07, 6.45) is 11.3. The SMILES string of the molecule is CCCNC(CCc1nccs1)C1CCCC1. The Morgan fingerprint density at radius 3 is 2.94 bits per heavy atom. The lowest BCUT2D eigenvalue weighted by molar-refractivity contribution is 0.340. The van der Waals surface area contributed by atoms with Crippen LogP contribution in [0.1, 0.15) is 50.5 Å². The van der Waals surface area contributed by atoms with Crippen molar-refractivity contribution in [3.63, 3.8) is 0 Å².